The maximum atomic E-state index is 12.3. The SMILES string of the molecule is COc1ccc(C2SCC(=O)N2CCCn2ccnc2)c(OC)c1. The number of carbonyl (C=O) groups is 1. The summed E-state index contributed by atoms with van der Waals surface area (Å²) in [7, 11) is 3.27. The van der Waals surface area contributed by atoms with E-state index in [0.717, 1.165) is 30.0 Å². The Morgan fingerprint density at radius 2 is 2.17 bits per heavy atom. The van der Waals surface area contributed by atoms with Crippen molar-refractivity contribution < 1.29 is 14.3 Å². The van der Waals surface area contributed by atoms with Crippen molar-refractivity contribution in [1.29, 1.82) is 0 Å². The maximum absolute atomic E-state index is 12.3. The molecule has 2 aromatic rings. The second-order valence-corrected chi connectivity index (χ2v) is 6.58. The minimum absolute atomic E-state index is 0.0128. The van der Waals surface area contributed by atoms with Gasteiger partial charge in [0.1, 0.15) is 16.9 Å². The van der Waals surface area contributed by atoms with Gasteiger partial charge in [-0.25, -0.2) is 4.98 Å². The highest BCUT2D eigenvalue weighted by Gasteiger charge is 2.34. The third-order valence-electron chi connectivity index (χ3n) is 4.05. The van der Waals surface area contributed by atoms with Crippen LogP contribution in [0, 0.1) is 0 Å². The molecule has 1 amide bonds. The van der Waals surface area contributed by atoms with Crippen molar-refractivity contribution in [2.75, 3.05) is 26.5 Å². The Hall–Kier alpha value is -2.15. The summed E-state index contributed by atoms with van der Waals surface area (Å²) in [6, 6.07) is 5.75. The molecular weight excluding hydrogens is 326 g/mol. The van der Waals surface area contributed by atoms with Crippen LogP contribution in [0.4, 0.5) is 0 Å². The number of hydrogen-bond donors (Lipinski definition) is 0. The Bertz CT molecular complexity index is 690. The van der Waals surface area contributed by atoms with E-state index in [-0.39, 0.29) is 11.3 Å². The zero-order chi connectivity index (χ0) is 16.9. The molecule has 128 valence electrons. The highest BCUT2D eigenvalue weighted by atomic mass is 32.2. The van der Waals surface area contributed by atoms with Crippen molar-refractivity contribution in [2.24, 2.45) is 0 Å². The van der Waals surface area contributed by atoms with E-state index in [2.05, 4.69) is 4.98 Å². The summed E-state index contributed by atoms with van der Waals surface area (Å²) >= 11 is 1.64. The quantitative estimate of drug-likeness (QED) is 0.770. The summed E-state index contributed by atoms with van der Waals surface area (Å²) in [6.07, 6.45) is 6.38. The molecule has 1 aromatic carbocycles. The number of aromatic nitrogens is 2. The normalized spacial score (nSPS) is 17.3. The number of aryl methyl sites for hydroxylation is 1. The zero-order valence-corrected chi connectivity index (χ0v) is 14.7. The molecule has 0 saturated carbocycles. The van der Waals surface area contributed by atoms with Crippen LogP contribution >= 0.6 is 11.8 Å². The first kappa shape index (κ1) is 16.7. The van der Waals surface area contributed by atoms with E-state index in [0.29, 0.717) is 12.3 Å². The fourth-order valence-electron chi connectivity index (χ4n) is 2.82. The zero-order valence-electron chi connectivity index (χ0n) is 13.8. The molecular formula is C17H21N3O3S. The molecule has 7 heteroatoms. The first-order valence-corrected chi connectivity index (χ1v) is 8.86. The molecule has 6 nitrogen and oxygen atoms in total. The Kier molecular flexibility index (Phi) is 5.30. The molecule has 0 N–H and O–H groups in total. The number of rotatable bonds is 7. The van der Waals surface area contributed by atoms with Gasteiger partial charge in [0.2, 0.25) is 5.91 Å². The molecule has 0 radical (unpaired) electrons. The topological polar surface area (TPSA) is 56.6 Å². The number of amides is 1. The number of thioether (sulfide) groups is 1. The highest BCUT2D eigenvalue weighted by molar-refractivity contribution is 8.00. The van der Waals surface area contributed by atoms with E-state index in [1.807, 2.05) is 33.9 Å². The average molecular weight is 347 g/mol. The van der Waals surface area contributed by atoms with E-state index in [9.17, 15) is 4.79 Å². The molecule has 3 rings (SSSR count). The van der Waals surface area contributed by atoms with E-state index in [1.54, 1.807) is 38.5 Å². The average Bonchev–Trinajstić information content (AvgIpc) is 3.25. The second kappa shape index (κ2) is 7.61. The Morgan fingerprint density at radius 3 is 2.88 bits per heavy atom. The van der Waals surface area contributed by atoms with Crippen molar-refractivity contribution in [3.8, 4) is 11.5 Å². The maximum Gasteiger partial charge on any atom is 0.233 e. The number of benzene rings is 1. The Labute approximate surface area is 145 Å². The van der Waals surface area contributed by atoms with Crippen LogP contribution in [0.1, 0.15) is 17.4 Å². The number of hydrogen-bond acceptors (Lipinski definition) is 5. The number of carbonyl (C=O) groups excluding carboxylic acids is 1. The third-order valence-corrected chi connectivity index (χ3v) is 5.29. The van der Waals surface area contributed by atoms with Gasteiger partial charge in [0, 0.05) is 37.1 Å². The molecule has 1 saturated heterocycles. The summed E-state index contributed by atoms with van der Waals surface area (Å²) < 4.78 is 12.8. The van der Waals surface area contributed by atoms with Gasteiger partial charge in [0.05, 0.1) is 26.3 Å². The van der Waals surface area contributed by atoms with Crippen molar-refractivity contribution in [3.63, 3.8) is 0 Å². The number of ether oxygens (including phenoxy) is 2. The number of imidazole rings is 1. The lowest BCUT2D eigenvalue weighted by atomic mass is 10.1. The van der Waals surface area contributed by atoms with Crippen LogP contribution in [-0.2, 0) is 11.3 Å². The molecule has 2 heterocycles. The van der Waals surface area contributed by atoms with Crippen molar-refractivity contribution in [3.05, 3.63) is 42.5 Å². The lowest BCUT2D eigenvalue weighted by molar-refractivity contribution is -0.128. The first-order chi connectivity index (χ1) is 11.7. The molecule has 1 atom stereocenters. The third kappa shape index (κ3) is 3.51. The first-order valence-electron chi connectivity index (χ1n) is 7.81. The van der Waals surface area contributed by atoms with Gasteiger partial charge < -0.3 is 18.9 Å². The van der Waals surface area contributed by atoms with Crippen molar-refractivity contribution >= 4 is 17.7 Å². The number of nitrogens with zero attached hydrogens (tertiary/aromatic N) is 3. The van der Waals surface area contributed by atoms with Crippen molar-refractivity contribution in [2.45, 2.75) is 18.3 Å². The monoisotopic (exact) mass is 347 g/mol. The predicted molar refractivity (Wildman–Crippen MR) is 93.3 cm³/mol. The Balaban J connectivity index is 1.72. The van der Waals surface area contributed by atoms with E-state index >= 15 is 0 Å². The molecule has 0 bridgehead atoms. The van der Waals surface area contributed by atoms with Crippen LogP contribution in [0.25, 0.3) is 0 Å². The van der Waals surface area contributed by atoms with Crippen LogP contribution in [0.2, 0.25) is 0 Å². The van der Waals surface area contributed by atoms with Crippen molar-refractivity contribution in [1.82, 2.24) is 14.5 Å². The standard InChI is InChI=1S/C17H21N3O3S/c1-22-13-4-5-14(15(10-13)23-2)17-20(16(21)11-24-17)8-3-7-19-9-6-18-12-19/h4-6,9-10,12,17H,3,7-8,11H2,1-2H3. The molecule has 24 heavy (non-hydrogen) atoms. The largest absolute Gasteiger partial charge is 0.497 e. The lowest BCUT2D eigenvalue weighted by Gasteiger charge is -2.25. The molecule has 0 spiro atoms. The lowest BCUT2D eigenvalue weighted by Crippen LogP contribution is -2.30. The smallest absolute Gasteiger partial charge is 0.233 e. The van der Waals surface area contributed by atoms with E-state index < -0.39 is 0 Å². The highest BCUT2D eigenvalue weighted by Crippen LogP contribution is 2.43. The minimum Gasteiger partial charge on any atom is -0.497 e. The molecule has 1 aliphatic heterocycles. The molecule has 1 unspecified atom stereocenters. The van der Waals surface area contributed by atoms with Crippen LogP contribution in [0.15, 0.2) is 36.9 Å². The minimum atomic E-state index is -0.0128. The summed E-state index contributed by atoms with van der Waals surface area (Å²) in [4.78, 5) is 18.3. The second-order valence-electron chi connectivity index (χ2n) is 5.51. The van der Waals surface area contributed by atoms with Crippen LogP contribution in [0.3, 0.4) is 0 Å². The molecule has 1 fully saturated rings. The van der Waals surface area contributed by atoms with Gasteiger partial charge in [-0.2, -0.15) is 0 Å². The van der Waals surface area contributed by atoms with Gasteiger partial charge in [0.25, 0.3) is 0 Å². The van der Waals surface area contributed by atoms with Gasteiger partial charge in [0.15, 0.2) is 0 Å². The van der Waals surface area contributed by atoms with Crippen LogP contribution in [0.5, 0.6) is 11.5 Å². The molecule has 1 aliphatic rings. The summed E-state index contributed by atoms with van der Waals surface area (Å²) in [5, 5.41) is -0.0128. The van der Waals surface area contributed by atoms with Gasteiger partial charge in [-0.05, 0) is 18.6 Å². The Morgan fingerprint density at radius 1 is 1.29 bits per heavy atom. The van der Waals surface area contributed by atoms with Gasteiger partial charge in [-0.15, -0.1) is 11.8 Å². The summed E-state index contributed by atoms with van der Waals surface area (Å²) in [5.41, 5.74) is 1.01. The fourth-order valence-corrected chi connectivity index (χ4v) is 4.06. The van der Waals surface area contributed by atoms with E-state index in [4.69, 9.17) is 9.47 Å². The van der Waals surface area contributed by atoms with Gasteiger partial charge in [-0.3, -0.25) is 4.79 Å². The molecule has 0 aliphatic carbocycles. The number of methoxy groups -OCH3 is 2. The van der Waals surface area contributed by atoms with Crippen LogP contribution in [-0.4, -0.2) is 46.9 Å². The summed E-state index contributed by atoms with van der Waals surface area (Å²) in [5.74, 6) is 2.18. The van der Waals surface area contributed by atoms with Crippen LogP contribution < -0.4 is 9.47 Å². The molecule has 1 aromatic heterocycles. The predicted octanol–water partition coefficient (Wildman–Crippen LogP) is 2.56. The van der Waals surface area contributed by atoms with E-state index in [1.165, 1.54) is 0 Å². The van der Waals surface area contributed by atoms with Gasteiger partial charge >= 0.3 is 0 Å². The fraction of sp³-hybridized carbons (Fsp3) is 0.412. The van der Waals surface area contributed by atoms with Gasteiger partial charge in [-0.1, -0.05) is 0 Å². The summed E-state index contributed by atoms with van der Waals surface area (Å²) in [6.45, 7) is 1.56.